The lowest BCUT2D eigenvalue weighted by Crippen LogP contribution is -2.20. The van der Waals surface area contributed by atoms with Gasteiger partial charge in [0.1, 0.15) is 0 Å². The Morgan fingerprint density at radius 3 is 2.89 bits per heavy atom. The van der Waals surface area contributed by atoms with Gasteiger partial charge in [0, 0.05) is 24.4 Å². The van der Waals surface area contributed by atoms with Crippen LogP contribution in [0.3, 0.4) is 0 Å². The first-order valence-electron chi connectivity index (χ1n) is 5.48. The third-order valence-corrected chi connectivity index (χ3v) is 2.94. The number of amides is 1. The van der Waals surface area contributed by atoms with Crippen molar-refractivity contribution in [1.29, 1.82) is 0 Å². The Bertz CT molecular complexity index is 474. The Balaban J connectivity index is 2.41. The standard InChI is InChI=1S/C13H15NO3S/c1-10(15)14-7-3-2-4-11-8-12(18-9-11)5-6-13(16)17/h2,4-6,8-9H,3,7H2,1H3,(H,14,15)(H,16,17)/b4-2?,6-5+. The molecule has 1 amide bonds. The lowest BCUT2D eigenvalue weighted by molar-refractivity contribution is -0.131. The average molecular weight is 265 g/mol. The minimum Gasteiger partial charge on any atom is -0.478 e. The molecule has 0 atom stereocenters. The summed E-state index contributed by atoms with van der Waals surface area (Å²) in [7, 11) is 0. The Hall–Kier alpha value is -1.88. The van der Waals surface area contributed by atoms with Crippen molar-refractivity contribution in [2.24, 2.45) is 0 Å². The molecule has 0 aliphatic heterocycles. The molecule has 96 valence electrons. The van der Waals surface area contributed by atoms with Gasteiger partial charge >= 0.3 is 5.97 Å². The van der Waals surface area contributed by atoms with Crippen molar-refractivity contribution in [3.63, 3.8) is 0 Å². The number of carboxylic acids is 1. The summed E-state index contributed by atoms with van der Waals surface area (Å²) >= 11 is 1.49. The highest BCUT2D eigenvalue weighted by Gasteiger charge is 1.94. The molecule has 0 radical (unpaired) electrons. The summed E-state index contributed by atoms with van der Waals surface area (Å²) in [5, 5.41) is 13.2. The molecule has 0 aromatic carbocycles. The van der Waals surface area contributed by atoms with Crippen LogP contribution in [-0.4, -0.2) is 23.5 Å². The molecule has 1 aromatic heterocycles. The number of carbonyl (C=O) groups is 2. The fourth-order valence-electron chi connectivity index (χ4n) is 1.25. The van der Waals surface area contributed by atoms with Crippen LogP contribution in [0.25, 0.3) is 12.2 Å². The van der Waals surface area contributed by atoms with Crippen molar-refractivity contribution in [1.82, 2.24) is 5.32 Å². The summed E-state index contributed by atoms with van der Waals surface area (Å²) in [5.74, 6) is -0.976. The van der Waals surface area contributed by atoms with Crippen LogP contribution < -0.4 is 5.32 Å². The molecule has 1 rings (SSSR count). The van der Waals surface area contributed by atoms with Crippen molar-refractivity contribution < 1.29 is 14.7 Å². The maximum absolute atomic E-state index is 10.6. The lowest BCUT2D eigenvalue weighted by atomic mass is 10.2. The predicted octanol–water partition coefficient (Wildman–Crippen LogP) is 2.39. The van der Waals surface area contributed by atoms with Gasteiger partial charge in [0.25, 0.3) is 0 Å². The normalized spacial score (nSPS) is 11.2. The quantitative estimate of drug-likeness (QED) is 0.613. The van der Waals surface area contributed by atoms with E-state index in [1.807, 2.05) is 23.6 Å². The van der Waals surface area contributed by atoms with Crippen molar-refractivity contribution in [3.8, 4) is 0 Å². The van der Waals surface area contributed by atoms with Gasteiger partial charge in [-0.15, -0.1) is 11.3 Å². The van der Waals surface area contributed by atoms with Gasteiger partial charge in [-0.3, -0.25) is 4.79 Å². The van der Waals surface area contributed by atoms with Crippen LogP contribution in [0.2, 0.25) is 0 Å². The fourth-order valence-corrected chi connectivity index (χ4v) is 2.02. The predicted molar refractivity (Wildman–Crippen MR) is 73.3 cm³/mol. The number of carbonyl (C=O) groups excluding carboxylic acids is 1. The Morgan fingerprint density at radius 2 is 2.22 bits per heavy atom. The SMILES string of the molecule is CC(=O)NCCC=Cc1csc(/C=C/C(=O)O)c1. The van der Waals surface area contributed by atoms with Crippen LogP contribution in [0.4, 0.5) is 0 Å². The molecule has 4 nitrogen and oxygen atoms in total. The second kappa shape index (κ2) is 7.45. The number of nitrogens with one attached hydrogen (secondary N) is 1. The van der Waals surface area contributed by atoms with Gasteiger partial charge in [0.2, 0.25) is 5.91 Å². The van der Waals surface area contributed by atoms with Gasteiger partial charge in [-0.25, -0.2) is 4.79 Å². The zero-order valence-electron chi connectivity index (χ0n) is 10.1. The van der Waals surface area contributed by atoms with E-state index in [-0.39, 0.29) is 5.91 Å². The van der Waals surface area contributed by atoms with E-state index in [2.05, 4.69) is 5.32 Å². The van der Waals surface area contributed by atoms with Gasteiger partial charge in [-0.2, -0.15) is 0 Å². The molecular weight excluding hydrogens is 250 g/mol. The first-order chi connectivity index (χ1) is 8.58. The maximum atomic E-state index is 10.6. The summed E-state index contributed by atoms with van der Waals surface area (Å²) in [4.78, 5) is 21.9. The summed E-state index contributed by atoms with van der Waals surface area (Å²) in [6, 6.07) is 1.92. The Morgan fingerprint density at radius 1 is 1.44 bits per heavy atom. The van der Waals surface area contributed by atoms with Crippen LogP contribution >= 0.6 is 11.3 Å². The molecular formula is C13H15NO3S. The summed E-state index contributed by atoms with van der Waals surface area (Å²) in [6.07, 6.45) is 7.40. The minimum absolute atomic E-state index is 0.0278. The third kappa shape index (κ3) is 6.00. The molecule has 0 saturated carbocycles. The smallest absolute Gasteiger partial charge is 0.328 e. The molecule has 0 fully saturated rings. The van der Waals surface area contributed by atoms with E-state index in [1.165, 1.54) is 18.3 Å². The van der Waals surface area contributed by atoms with E-state index >= 15 is 0 Å². The molecule has 1 aromatic rings. The van der Waals surface area contributed by atoms with Gasteiger partial charge in [-0.05, 0) is 29.5 Å². The number of thiophene rings is 1. The van der Waals surface area contributed by atoms with E-state index in [9.17, 15) is 9.59 Å². The molecule has 0 aliphatic carbocycles. The first-order valence-corrected chi connectivity index (χ1v) is 6.36. The second-order valence-electron chi connectivity index (χ2n) is 3.63. The van der Waals surface area contributed by atoms with E-state index < -0.39 is 5.97 Å². The summed E-state index contributed by atoms with van der Waals surface area (Å²) in [6.45, 7) is 2.12. The number of hydrogen-bond acceptors (Lipinski definition) is 3. The van der Waals surface area contributed by atoms with Gasteiger partial charge in [0.05, 0.1) is 0 Å². The minimum atomic E-state index is -0.948. The van der Waals surface area contributed by atoms with Gasteiger partial charge in [-0.1, -0.05) is 12.2 Å². The highest BCUT2D eigenvalue weighted by Crippen LogP contribution is 2.17. The molecule has 0 aliphatic rings. The van der Waals surface area contributed by atoms with Gasteiger partial charge in [0.15, 0.2) is 0 Å². The molecule has 0 spiro atoms. The van der Waals surface area contributed by atoms with Crippen LogP contribution in [0, 0.1) is 0 Å². The number of aliphatic carboxylic acids is 1. The topological polar surface area (TPSA) is 66.4 Å². The van der Waals surface area contributed by atoms with Crippen LogP contribution in [-0.2, 0) is 9.59 Å². The van der Waals surface area contributed by atoms with Gasteiger partial charge < -0.3 is 10.4 Å². The van der Waals surface area contributed by atoms with Crippen molar-refractivity contribution >= 4 is 35.4 Å². The first kappa shape index (κ1) is 14.2. The molecule has 2 N–H and O–H groups in total. The van der Waals surface area contributed by atoms with E-state index in [0.717, 1.165) is 22.9 Å². The van der Waals surface area contributed by atoms with E-state index in [0.29, 0.717) is 6.54 Å². The monoisotopic (exact) mass is 265 g/mol. The zero-order chi connectivity index (χ0) is 13.4. The lowest BCUT2D eigenvalue weighted by Gasteiger charge is -1.95. The number of hydrogen-bond donors (Lipinski definition) is 2. The zero-order valence-corrected chi connectivity index (χ0v) is 10.9. The molecule has 1 heterocycles. The molecule has 18 heavy (non-hydrogen) atoms. The summed E-state index contributed by atoms with van der Waals surface area (Å²) in [5.41, 5.74) is 1.04. The molecule has 5 heteroatoms. The highest BCUT2D eigenvalue weighted by molar-refractivity contribution is 7.11. The van der Waals surface area contributed by atoms with Crippen molar-refractivity contribution in [2.75, 3.05) is 6.54 Å². The van der Waals surface area contributed by atoms with Crippen LogP contribution in [0.1, 0.15) is 23.8 Å². The van der Waals surface area contributed by atoms with Crippen LogP contribution in [0.15, 0.2) is 23.6 Å². The van der Waals surface area contributed by atoms with Crippen molar-refractivity contribution in [3.05, 3.63) is 34.0 Å². The van der Waals surface area contributed by atoms with Crippen molar-refractivity contribution in [2.45, 2.75) is 13.3 Å². The van der Waals surface area contributed by atoms with E-state index in [4.69, 9.17) is 5.11 Å². The molecule has 0 unspecified atom stereocenters. The number of carboxylic acid groups (broad SMARTS) is 1. The third-order valence-electron chi connectivity index (χ3n) is 2.03. The van der Waals surface area contributed by atoms with Crippen LogP contribution in [0.5, 0.6) is 0 Å². The Labute approximate surface area is 110 Å². The fraction of sp³-hybridized carbons (Fsp3) is 0.231. The summed E-state index contributed by atoms with van der Waals surface area (Å²) < 4.78 is 0. The highest BCUT2D eigenvalue weighted by atomic mass is 32.1. The molecule has 0 bridgehead atoms. The number of rotatable bonds is 6. The largest absolute Gasteiger partial charge is 0.478 e. The van der Waals surface area contributed by atoms with E-state index in [1.54, 1.807) is 6.08 Å². The molecule has 0 saturated heterocycles. The second-order valence-corrected chi connectivity index (χ2v) is 4.57. The average Bonchev–Trinajstić information content (AvgIpc) is 2.73. The maximum Gasteiger partial charge on any atom is 0.328 e. The Kier molecular flexibility index (Phi) is 5.87.